The van der Waals surface area contributed by atoms with Crippen LogP contribution in [0, 0.1) is 6.92 Å². The number of aryl methyl sites for hydroxylation is 1. The molecule has 0 aromatic carbocycles. The molecule has 1 atom stereocenters. The normalized spacial score (nSPS) is 12.6. The Hall–Kier alpha value is -1.98. The van der Waals surface area contributed by atoms with Gasteiger partial charge in [-0.25, -0.2) is 9.95 Å². The van der Waals surface area contributed by atoms with Crippen LogP contribution in [0.25, 0.3) is 0 Å². The zero-order valence-corrected chi connectivity index (χ0v) is 9.11. The van der Waals surface area contributed by atoms with Crippen molar-refractivity contribution in [2.24, 2.45) is 0 Å². The molecule has 0 radical (unpaired) electrons. The Labute approximate surface area is 91.6 Å². The molecule has 0 bridgehead atoms. The summed E-state index contributed by atoms with van der Waals surface area (Å²) in [6.07, 6.45) is 0. The van der Waals surface area contributed by atoms with Crippen molar-refractivity contribution in [3.8, 4) is 5.88 Å². The average molecular weight is 223 g/mol. The van der Waals surface area contributed by atoms with Crippen LogP contribution >= 0.6 is 0 Å². The molecular formula is C10H13N3O3. The number of nitrogens with one attached hydrogen (secondary N) is 2. The zero-order valence-electron chi connectivity index (χ0n) is 9.11. The molecule has 0 amide bonds. The fourth-order valence-electron chi connectivity index (χ4n) is 1.31. The van der Waals surface area contributed by atoms with E-state index in [4.69, 9.17) is 4.74 Å². The minimum absolute atomic E-state index is 0.0449. The smallest absolute Gasteiger partial charge is 0.357 e. The first-order chi connectivity index (χ1) is 7.65. The molecule has 2 aromatic rings. The number of rotatable bonds is 4. The van der Waals surface area contributed by atoms with E-state index < -0.39 is 0 Å². The molecule has 1 unspecified atom stereocenters. The minimum Gasteiger partial charge on any atom is -0.476 e. The summed E-state index contributed by atoms with van der Waals surface area (Å²) in [7, 11) is 0. The van der Waals surface area contributed by atoms with E-state index in [9.17, 15) is 4.79 Å². The van der Waals surface area contributed by atoms with Gasteiger partial charge in [-0.1, -0.05) is 6.92 Å². The quantitative estimate of drug-likeness (QED) is 0.815. The van der Waals surface area contributed by atoms with Crippen LogP contribution in [0.1, 0.15) is 24.2 Å². The summed E-state index contributed by atoms with van der Waals surface area (Å²) in [6, 6.07) is 3.23. The molecule has 0 fully saturated rings. The standard InChI is InChI=1S/C10H13N3O3/c1-6(8-4-10(14)16-13-8)5-15-9-3-7(2)11-12-9/h3-4,6,13H,5H2,1-2H3,(H,11,12). The average Bonchev–Trinajstić information content (AvgIpc) is 2.84. The summed E-state index contributed by atoms with van der Waals surface area (Å²) >= 11 is 0. The number of ether oxygens (including phenoxy) is 1. The van der Waals surface area contributed by atoms with Crippen molar-refractivity contribution in [3.05, 3.63) is 33.9 Å². The highest BCUT2D eigenvalue weighted by molar-refractivity contribution is 5.13. The van der Waals surface area contributed by atoms with Crippen LogP contribution in [0.5, 0.6) is 5.88 Å². The van der Waals surface area contributed by atoms with E-state index in [1.165, 1.54) is 6.07 Å². The van der Waals surface area contributed by atoms with E-state index in [0.29, 0.717) is 12.5 Å². The van der Waals surface area contributed by atoms with Crippen LogP contribution in [0.4, 0.5) is 0 Å². The van der Waals surface area contributed by atoms with Gasteiger partial charge in [-0.2, -0.15) is 0 Å². The maximum absolute atomic E-state index is 10.8. The van der Waals surface area contributed by atoms with Crippen molar-refractivity contribution < 1.29 is 9.26 Å². The molecule has 0 spiro atoms. The number of aromatic nitrogens is 3. The lowest BCUT2D eigenvalue weighted by molar-refractivity contribution is 0.277. The van der Waals surface area contributed by atoms with Crippen molar-refractivity contribution >= 4 is 0 Å². The number of hydrogen-bond acceptors (Lipinski definition) is 4. The fourth-order valence-corrected chi connectivity index (χ4v) is 1.31. The van der Waals surface area contributed by atoms with Crippen molar-refractivity contribution in [2.45, 2.75) is 19.8 Å². The first-order valence-electron chi connectivity index (χ1n) is 4.98. The van der Waals surface area contributed by atoms with Gasteiger partial charge in [0.2, 0.25) is 5.88 Å². The topological polar surface area (TPSA) is 83.9 Å². The first kappa shape index (κ1) is 10.5. The van der Waals surface area contributed by atoms with Gasteiger partial charge in [-0.05, 0) is 6.92 Å². The van der Waals surface area contributed by atoms with E-state index in [1.54, 1.807) is 0 Å². The van der Waals surface area contributed by atoms with Gasteiger partial charge in [0.05, 0.1) is 12.3 Å². The summed E-state index contributed by atoms with van der Waals surface area (Å²) in [4.78, 5) is 10.8. The molecule has 0 saturated heterocycles. The highest BCUT2D eigenvalue weighted by Gasteiger charge is 2.10. The summed E-state index contributed by atoms with van der Waals surface area (Å²) in [5.41, 5.74) is 1.29. The first-order valence-corrected chi connectivity index (χ1v) is 4.98. The number of nitrogens with zero attached hydrogens (tertiary/aromatic N) is 1. The lowest BCUT2D eigenvalue weighted by Gasteiger charge is -2.08. The predicted molar refractivity (Wildman–Crippen MR) is 56.6 cm³/mol. The van der Waals surface area contributed by atoms with Crippen LogP contribution in [0.3, 0.4) is 0 Å². The molecule has 6 nitrogen and oxygen atoms in total. The molecule has 0 aliphatic rings. The Morgan fingerprint density at radius 2 is 2.38 bits per heavy atom. The Morgan fingerprint density at radius 1 is 1.56 bits per heavy atom. The van der Waals surface area contributed by atoms with Gasteiger partial charge < -0.3 is 9.26 Å². The molecule has 2 aromatic heterocycles. The Bertz CT molecular complexity index is 511. The van der Waals surface area contributed by atoms with E-state index in [2.05, 4.69) is 19.9 Å². The molecule has 0 aliphatic carbocycles. The van der Waals surface area contributed by atoms with Crippen LogP contribution in [-0.4, -0.2) is 22.0 Å². The largest absolute Gasteiger partial charge is 0.476 e. The summed E-state index contributed by atoms with van der Waals surface area (Å²) < 4.78 is 10.0. The second-order valence-corrected chi connectivity index (χ2v) is 3.72. The molecule has 2 N–H and O–H groups in total. The van der Waals surface area contributed by atoms with Gasteiger partial charge in [-0.3, -0.25) is 5.10 Å². The van der Waals surface area contributed by atoms with Gasteiger partial charge in [0, 0.05) is 23.7 Å². The Kier molecular flexibility index (Phi) is 2.80. The van der Waals surface area contributed by atoms with Crippen LogP contribution < -0.4 is 10.4 Å². The van der Waals surface area contributed by atoms with Crippen molar-refractivity contribution in [1.82, 2.24) is 15.4 Å². The van der Waals surface area contributed by atoms with E-state index in [0.717, 1.165) is 11.4 Å². The maximum Gasteiger partial charge on any atom is 0.357 e. The third kappa shape index (κ3) is 2.33. The minimum atomic E-state index is -0.377. The third-order valence-electron chi connectivity index (χ3n) is 2.24. The highest BCUT2D eigenvalue weighted by Crippen LogP contribution is 2.14. The number of H-pyrrole nitrogens is 2. The summed E-state index contributed by atoms with van der Waals surface area (Å²) in [6.45, 7) is 4.26. The van der Waals surface area contributed by atoms with Crippen LogP contribution in [-0.2, 0) is 0 Å². The summed E-state index contributed by atoms with van der Waals surface area (Å²) in [5, 5.41) is 9.28. The SMILES string of the molecule is Cc1cc(OCC(C)c2cc(=O)o[nH]2)n[nH]1. The molecule has 0 aliphatic heterocycles. The second kappa shape index (κ2) is 4.26. The zero-order chi connectivity index (χ0) is 11.5. The highest BCUT2D eigenvalue weighted by atomic mass is 16.5. The lowest BCUT2D eigenvalue weighted by atomic mass is 10.1. The summed E-state index contributed by atoms with van der Waals surface area (Å²) in [5.74, 6) is 0.596. The number of hydrogen-bond donors (Lipinski definition) is 2. The van der Waals surface area contributed by atoms with Gasteiger partial charge in [0.15, 0.2) is 0 Å². The monoisotopic (exact) mass is 223 g/mol. The molecule has 0 saturated carbocycles. The van der Waals surface area contributed by atoms with E-state index >= 15 is 0 Å². The Balaban J connectivity index is 1.93. The Morgan fingerprint density at radius 3 is 2.94 bits per heavy atom. The second-order valence-electron chi connectivity index (χ2n) is 3.72. The molecule has 2 heterocycles. The van der Waals surface area contributed by atoms with Crippen LogP contribution in [0.2, 0.25) is 0 Å². The van der Waals surface area contributed by atoms with Crippen molar-refractivity contribution in [1.29, 1.82) is 0 Å². The van der Waals surface area contributed by atoms with E-state index in [-0.39, 0.29) is 11.5 Å². The predicted octanol–water partition coefficient (Wildman–Crippen LogP) is 1.18. The third-order valence-corrected chi connectivity index (χ3v) is 2.24. The van der Waals surface area contributed by atoms with Crippen LogP contribution in [0.15, 0.2) is 21.5 Å². The molecule has 6 heteroatoms. The van der Waals surface area contributed by atoms with Gasteiger partial charge in [-0.15, -0.1) is 5.10 Å². The lowest BCUT2D eigenvalue weighted by Crippen LogP contribution is -2.07. The van der Waals surface area contributed by atoms with Gasteiger partial charge in [0.1, 0.15) is 0 Å². The van der Waals surface area contributed by atoms with Gasteiger partial charge >= 0.3 is 5.63 Å². The molecule has 2 rings (SSSR count). The molecular weight excluding hydrogens is 210 g/mol. The maximum atomic E-state index is 10.8. The molecule has 86 valence electrons. The van der Waals surface area contributed by atoms with E-state index in [1.807, 2.05) is 19.9 Å². The van der Waals surface area contributed by atoms with Gasteiger partial charge in [0.25, 0.3) is 0 Å². The van der Waals surface area contributed by atoms with Crippen molar-refractivity contribution in [2.75, 3.05) is 6.61 Å². The molecule has 16 heavy (non-hydrogen) atoms. The number of aromatic amines is 2. The fraction of sp³-hybridized carbons (Fsp3) is 0.400. The van der Waals surface area contributed by atoms with Crippen molar-refractivity contribution in [3.63, 3.8) is 0 Å².